The van der Waals surface area contributed by atoms with Gasteiger partial charge in [0.1, 0.15) is 5.52 Å². The number of pyridine rings is 1. The van der Waals surface area contributed by atoms with Crippen molar-refractivity contribution in [2.75, 3.05) is 5.32 Å². The SMILES string of the molecule is O=C(Nc1cccc2scnc12)c1cccnc1. The second-order valence-electron chi connectivity index (χ2n) is 3.70. The Kier molecular flexibility index (Phi) is 2.74. The van der Waals surface area contributed by atoms with Gasteiger partial charge in [-0.05, 0) is 24.3 Å². The molecule has 2 aromatic heterocycles. The Morgan fingerprint density at radius 3 is 3.00 bits per heavy atom. The highest BCUT2D eigenvalue weighted by atomic mass is 32.1. The molecule has 1 N–H and O–H groups in total. The lowest BCUT2D eigenvalue weighted by atomic mass is 10.2. The van der Waals surface area contributed by atoms with Crippen molar-refractivity contribution < 1.29 is 4.79 Å². The van der Waals surface area contributed by atoms with E-state index in [9.17, 15) is 4.79 Å². The van der Waals surface area contributed by atoms with Crippen LogP contribution in [0.15, 0.2) is 48.2 Å². The summed E-state index contributed by atoms with van der Waals surface area (Å²) >= 11 is 1.55. The quantitative estimate of drug-likeness (QED) is 0.766. The minimum absolute atomic E-state index is 0.177. The summed E-state index contributed by atoms with van der Waals surface area (Å²) in [5, 5.41) is 2.85. The van der Waals surface area contributed by atoms with Crippen molar-refractivity contribution >= 4 is 33.1 Å². The molecule has 3 aromatic rings. The lowest BCUT2D eigenvalue weighted by Crippen LogP contribution is -2.12. The van der Waals surface area contributed by atoms with E-state index in [1.807, 2.05) is 18.2 Å². The summed E-state index contributed by atoms with van der Waals surface area (Å²) in [6.45, 7) is 0. The fourth-order valence-corrected chi connectivity index (χ4v) is 2.38. The molecule has 18 heavy (non-hydrogen) atoms. The molecule has 4 nitrogen and oxygen atoms in total. The summed E-state index contributed by atoms with van der Waals surface area (Å²) in [6.07, 6.45) is 3.18. The van der Waals surface area contributed by atoms with Crippen LogP contribution >= 0.6 is 11.3 Å². The molecule has 3 rings (SSSR count). The van der Waals surface area contributed by atoms with E-state index in [1.54, 1.807) is 35.2 Å². The molecule has 0 atom stereocenters. The summed E-state index contributed by atoms with van der Waals surface area (Å²) in [5.41, 5.74) is 3.84. The zero-order chi connectivity index (χ0) is 12.4. The Morgan fingerprint density at radius 1 is 1.22 bits per heavy atom. The summed E-state index contributed by atoms with van der Waals surface area (Å²) in [5.74, 6) is -0.177. The third-order valence-corrected chi connectivity index (χ3v) is 3.33. The number of nitrogens with one attached hydrogen (secondary N) is 1. The highest BCUT2D eigenvalue weighted by molar-refractivity contribution is 7.16. The number of hydrogen-bond acceptors (Lipinski definition) is 4. The van der Waals surface area contributed by atoms with Crippen LogP contribution in [-0.4, -0.2) is 15.9 Å². The smallest absolute Gasteiger partial charge is 0.257 e. The fraction of sp³-hybridized carbons (Fsp3) is 0. The Balaban J connectivity index is 1.93. The van der Waals surface area contributed by atoms with Crippen molar-refractivity contribution in [1.82, 2.24) is 9.97 Å². The van der Waals surface area contributed by atoms with Crippen LogP contribution in [0.25, 0.3) is 10.2 Å². The van der Waals surface area contributed by atoms with Gasteiger partial charge in [0, 0.05) is 12.4 Å². The number of carbonyl (C=O) groups excluding carboxylic acids is 1. The maximum absolute atomic E-state index is 12.0. The predicted molar refractivity (Wildman–Crippen MR) is 71.8 cm³/mol. The van der Waals surface area contributed by atoms with E-state index in [4.69, 9.17) is 0 Å². The van der Waals surface area contributed by atoms with Crippen molar-refractivity contribution in [2.24, 2.45) is 0 Å². The average Bonchev–Trinajstić information content (AvgIpc) is 2.89. The zero-order valence-electron chi connectivity index (χ0n) is 9.33. The van der Waals surface area contributed by atoms with Crippen molar-refractivity contribution in [3.8, 4) is 0 Å². The maximum atomic E-state index is 12.0. The van der Waals surface area contributed by atoms with Crippen LogP contribution < -0.4 is 5.32 Å². The summed E-state index contributed by atoms with van der Waals surface area (Å²) in [7, 11) is 0. The second-order valence-corrected chi connectivity index (χ2v) is 4.59. The minimum Gasteiger partial charge on any atom is -0.320 e. The number of fused-ring (bicyclic) bond motifs is 1. The number of anilines is 1. The van der Waals surface area contributed by atoms with Crippen LogP contribution in [0.1, 0.15) is 10.4 Å². The number of benzene rings is 1. The Hall–Kier alpha value is -2.27. The molecule has 0 aliphatic rings. The molecule has 2 heterocycles. The van der Waals surface area contributed by atoms with Crippen LogP contribution in [0, 0.1) is 0 Å². The summed E-state index contributed by atoms with van der Waals surface area (Å²) in [4.78, 5) is 20.2. The van der Waals surface area contributed by atoms with Crippen molar-refractivity contribution in [2.45, 2.75) is 0 Å². The van der Waals surface area contributed by atoms with Crippen LogP contribution in [-0.2, 0) is 0 Å². The van der Waals surface area contributed by atoms with E-state index in [-0.39, 0.29) is 5.91 Å². The molecule has 0 saturated carbocycles. The number of para-hydroxylation sites is 1. The first-order valence-electron chi connectivity index (χ1n) is 5.38. The Morgan fingerprint density at radius 2 is 2.17 bits per heavy atom. The molecule has 0 fully saturated rings. The number of carbonyl (C=O) groups is 1. The third kappa shape index (κ3) is 1.96. The van der Waals surface area contributed by atoms with Gasteiger partial charge in [-0.25, -0.2) is 4.98 Å². The van der Waals surface area contributed by atoms with Gasteiger partial charge in [-0.2, -0.15) is 0 Å². The molecule has 0 aliphatic carbocycles. The van der Waals surface area contributed by atoms with E-state index < -0.39 is 0 Å². The monoisotopic (exact) mass is 255 g/mol. The summed E-state index contributed by atoms with van der Waals surface area (Å²) in [6, 6.07) is 9.18. The van der Waals surface area contributed by atoms with Crippen molar-refractivity contribution in [3.05, 3.63) is 53.8 Å². The van der Waals surface area contributed by atoms with E-state index in [0.29, 0.717) is 5.56 Å². The highest BCUT2D eigenvalue weighted by Gasteiger charge is 2.09. The van der Waals surface area contributed by atoms with Crippen LogP contribution in [0.3, 0.4) is 0 Å². The van der Waals surface area contributed by atoms with E-state index in [2.05, 4.69) is 15.3 Å². The molecule has 0 unspecified atom stereocenters. The lowest BCUT2D eigenvalue weighted by molar-refractivity contribution is 0.102. The van der Waals surface area contributed by atoms with Gasteiger partial charge in [0.05, 0.1) is 21.5 Å². The molecule has 1 amide bonds. The maximum Gasteiger partial charge on any atom is 0.257 e. The standard InChI is InChI=1S/C13H9N3OS/c17-13(9-3-2-6-14-7-9)16-10-4-1-5-11-12(10)15-8-18-11/h1-8H,(H,16,17). The molecule has 88 valence electrons. The van der Waals surface area contributed by atoms with Gasteiger partial charge in [0.25, 0.3) is 5.91 Å². The van der Waals surface area contributed by atoms with E-state index >= 15 is 0 Å². The molecule has 0 aliphatic heterocycles. The third-order valence-electron chi connectivity index (χ3n) is 2.53. The molecule has 5 heteroatoms. The molecular weight excluding hydrogens is 246 g/mol. The number of aromatic nitrogens is 2. The van der Waals surface area contributed by atoms with Crippen molar-refractivity contribution in [3.63, 3.8) is 0 Å². The highest BCUT2D eigenvalue weighted by Crippen LogP contribution is 2.25. The Labute approximate surface area is 107 Å². The van der Waals surface area contributed by atoms with E-state index in [1.165, 1.54) is 6.20 Å². The number of thiazole rings is 1. The summed E-state index contributed by atoms with van der Waals surface area (Å²) < 4.78 is 1.05. The van der Waals surface area contributed by atoms with Gasteiger partial charge in [-0.15, -0.1) is 11.3 Å². The van der Waals surface area contributed by atoms with Gasteiger partial charge in [-0.3, -0.25) is 9.78 Å². The molecular formula is C13H9N3OS. The fourth-order valence-electron chi connectivity index (χ4n) is 1.68. The normalized spacial score (nSPS) is 10.4. The lowest BCUT2D eigenvalue weighted by Gasteiger charge is -2.05. The second kappa shape index (κ2) is 4.54. The van der Waals surface area contributed by atoms with Crippen molar-refractivity contribution in [1.29, 1.82) is 0 Å². The van der Waals surface area contributed by atoms with Gasteiger partial charge in [0.2, 0.25) is 0 Å². The first-order chi connectivity index (χ1) is 8.84. The van der Waals surface area contributed by atoms with Crippen LogP contribution in [0.2, 0.25) is 0 Å². The van der Waals surface area contributed by atoms with Gasteiger partial charge in [0.15, 0.2) is 0 Å². The van der Waals surface area contributed by atoms with Crippen LogP contribution in [0.5, 0.6) is 0 Å². The molecule has 0 radical (unpaired) electrons. The van der Waals surface area contributed by atoms with Gasteiger partial charge in [-0.1, -0.05) is 6.07 Å². The average molecular weight is 255 g/mol. The number of rotatable bonds is 2. The van der Waals surface area contributed by atoms with Gasteiger partial charge < -0.3 is 5.32 Å². The first kappa shape index (κ1) is 10.9. The minimum atomic E-state index is -0.177. The topological polar surface area (TPSA) is 54.9 Å². The number of nitrogens with zero attached hydrogens (tertiary/aromatic N) is 2. The molecule has 0 spiro atoms. The van der Waals surface area contributed by atoms with E-state index in [0.717, 1.165) is 15.9 Å². The molecule has 0 saturated heterocycles. The zero-order valence-corrected chi connectivity index (χ0v) is 10.1. The molecule has 1 aromatic carbocycles. The molecule has 0 bridgehead atoms. The Bertz CT molecular complexity index is 694. The predicted octanol–water partition coefficient (Wildman–Crippen LogP) is 2.94. The number of hydrogen-bond donors (Lipinski definition) is 1. The first-order valence-corrected chi connectivity index (χ1v) is 6.26. The van der Waals surface area contributed by atoms with Gasteiger partial charge >= 0.3 is 0 Å². The largest absolute Gasteiger partial charge is 0.320 e. The van der Waals surface area contributed by atoms with Crippen LogP contribution in [0.4, 0.5) is 5.69 Å². The number of amides is 1.